The highest BCUT2D eigenvalue weighted by Gasteiger charge is 2.29. The third kappa shape index (κ3) is 5.56. The number of carbonyl (C=O) groups excluding carboxylic acids is 1. The Labute approximate surface area is 234 Å². The van der Waals surface area contributed by atoms with Crippen LogP contribution < -0.4 is 19.5 Å². The van der Waals surface area contributed by atoms with Crippen molar-refractivity contribution in [2.75, 3.05) is 7.11 Å². The summed E-state index contributed by atoms with van der Waals surface area (Å²) in [6, 6.07) is 14.7. The first-order chi connectivity index (χ1) is 19.9. The van der Waals surface area contributed by atoms with E-state index in [0.717, 1.165) is 29.5 Å². The average Bonchev–Trinajstić information content (AvgIpc) is 3.51. The van der Waals surface area contributed by atoms with Crippen molar-refractivity contribution in [3.63, 3.8) is 0 Å². The molecule has 1 N–H and O–H groups in total. The molecule has 0 aliphatic heterocycles. The third-order valence-electron chi connectivity index (χ3n) is 6.80. The summed E-state index contributed by atoms with van der Waals surface area (Å²) in [6.45, 7) is -2.81. The summed E-state index contributed by atoms with van der Waals surface area (Å²) < 4.78 is 47.0. The summed E-state index contributed by atoms with van der Waals surface area (Å²) in [6.07, 6.45) is 8.74. The summed E-state index contributed by atoms with van der Waals surface area (Å²) in [5.41, 5.74) is 4.19. The number of ether oxygens (including phenoxy) is 3. The van der Waals surface area contributed by atoms with Gasteiger partial charge in [-0.1, -0.05) is 30.3 Å². The van der Waals surface area contributed by atoms with Crippen molar-refractivity contribution in [2.45, 2.75) is 32.1 Å². The number of hydrogen-bond donors (Lipinski definition) is 1. The van der Waals surface area contributed by atoms with Crippen LogP contribution in [0.3, 0.4) is 0 Å². The van der Waals surface area contributed by atoms with E-state index >= 15 is 0 Å². The van der Waals surface area contributed by atoms with Gasteiger partial charge in [-0.15, -0.1) is 0 Å². The van der Waals surface area contributed by atoms with Gasteiger partial charge in [-0.2, -0.15) is 13.9 Å². The number of alkyl halides is 2. The van der Waals surface area contributed by atoms with Crippen molar-refractivity contribution in [3.8, 4) is 39.6 Å². The second kappa shape index (κ2) is 10.9. The minimum absolute atomic E-state index is 0.0216. The minimum atomic E-state index is -3.13. The van der Waals surface area contributed by atoms with E-state index in [2.05, 4.69) is 15.4 Å². The van der Waals surface area contributed by atoms with Crippen molar-refractivity contribution < 1.29 is 27.8 Å². The maximum Gasteiger partial charge on any atom is 0.387 e. The highest BCUT2D eigenvalue weighted by Crippen LogP contribution is 2.39. The van der Waals surface area contributed by atoms with E-state index in [4.69, 9.17) is 14.2 Å². The van der Waals surface area contributed by atoms with Gasteiger partial charge in [-0.25, -0.2) is 4.98 Å². The molecule has 6 rings (SSSR count). The number of aryl methyl sites for hydroxylation is 1. The number of methoxy groups -OCH3 is 1. The van der Waals surface area contributed by atoms with Gasteiger partial charge in [-0.05, 0) is 36.6 Å². The highest BCUT2D eigenvalue weighted by molar-refractivity contribution is 6.01. The molecule has 3 heterocycles. The Morgan fingerprint density at radius 2 is 1.83 bits per heavy atom. The van der Waals surface area contributed by atoms with E-state index in [1.165, 1.54) is 13.2 Å². The molecular weight excluding hydrogens is 532 g/mol. The number of aromatic nitrogens is 4. The summed E-state index contributed by atoms with van der Waals surface area (Å²) >= 11 is 0. The Morgan fingerprint density at radius 3 is 2.51 bits per heavy atom. The molecule has 1 aliphatic rings. The smallest absolute Gasteiger partial charge is 0.387 e. The molecule has 0 atom stereocenters. The van der Waals surface area contributed by atoms with Crippen LogP contribution in [0.15, 0.2) is 73.3 Å². The first kappa shape index (κ1) is 26.3. The number of halogens is 2. The average molecular weight is 560 g/mol. The van der Waals surface area contributed by atoms with Gasteiger partial charge in [0.15, 0.2) is 0 Å². The molecule has 210 valence electrons. The molecule has 1 saturated carbocycles. The van der Waals surface area contributed by atoms with Gasteiger partial charge in [0.1, 0.15) is 35.1 Å². The predicted molar refractivity (Wildman–Crippen MR) is 147 cm³/mol. The topological polar surface area (TPSA) is 91.9 Å². The first-order valence-electron chi connectivity index (χ1n) is 13.0. The zero-order chi connectivity index (χ0) is 28.5. The number of fused-ring (bicyclic) bond motifs is 1. The van der Waals surface area contributed by atoms with Crippen molar-refractivity contribution in [2.24, 2.45) is 7.05 Å². The molecular formula is C30H27F2N5O4. The maximum atomic E-state index is 13.5. The van der Waals surface area contributed by atoms with Gasteiger partial charge in [0.05, 0.1) is 31.4 Å². The quantitative estimate of drug-likeness (QED) is 0.244. The fourth-order valence-electron chi connectivity index (χ4n) is 4.65. The molecule has 0 radical (unpaired) electrons. The molecule has 1 fully saturated rings. The Bertz CT molecular complexity index is 1710. The summed E-state index contributed by atoms with van der Waals surface area (Å²) in [5, 5.41) is 7.11. The molecule has 11 heteroatoms. The van der Waals surface area contributed by atoms with Crippen LogP contribution in [-0.4, -0.2) is 44.8 Å². The van der Waals surface area contributed by atoms with Gasteiger partial charge >= 0.3 is 6.61 Å². The number of nitrogens with zero attached hydrogens (tertiary/aromatic N) is 4. The highest BCUT2D eigenvalue weighted by atomic mass is 19.3. The number of amides is 1. The lowest BCUT2D eigenvalue weighted by atomic mass is 10.1. The molecule has 2 aromatic carbocycles. The van der Waals surface area contributed by atoms with E-state index in [0.29, 0.717) is 29.3 Å². The Balaban J connectivity index is 1.45. The monoisotopic (exact) mass is 559 g/mol. The Hall–Kier alpha value is -4.93. The van der Waals surface area contributed by atoms with Crippen LogP contribution in [0.25, 0.3) is 28.0 Å². The van der Waals surface area contributed by atoms with Crippen molar-refractivity contribution >= 4 is 11.6 Å². The van der Waals surface area contributed by atoms with Crippen molar-refractivity contribution in [1.29, 1.82) is 0 Å². The zero-order valence-electron chi connectivity index (χ0n) is 22.4. The molecule has 9 nitrogen and oxygen atoms in total. The molecule has 0 spiro atoms. The van der Waals surface area contributed by atoms with Crippen LogP contribution in [0.2, 0.25) is 0 Å². The number of imidazole rings is 1. The Morgan fingerprint density at radius 1 is 1.05 bits per heavy atom. The zero-order valence-corrected chi connectivity index (χ0v) is 22.4. The van der Waals surface area contributed by atoms with Crippen LogP contribution in [0.5, 0.6) is 17.2 Å². The SMILES string of the molecule is COc1cc(-c2cnc3cc(-c4cnn(C)c4)c(OCc4ccccc4)cn23)cc(OC(F)F)c1C(=O)NC1CC1. The first-order valence-corrected chi connectivity index (χ1v) is 13.0. The Kier molecular flexibility index (Phi) is 7.00. The predicted octanol–water partition coefficient (Wildman–Crippen LogP) is 5.48. The summed E-state index contributed by atoms with van der Waals surface area (Å²) in [7, 11) is 3.21. The molecule has 0 bridgehead atoms. The largest absolute Gasteiger partial charge is 0.496 e. The van der Waals surface area contributed by atoms with E-state index in [1.54, 1.807) is 33.7 Å². The van der Waals surface area contributed by atoms with Gasteiger partial charge in [0, 0.05) is 36.0 Å². The molecule has 3 aromatic heterocycles. The fourth-order valence-corrected chi connectivity index (χ4v) is 4.65. The van der Waals surface area contributed by atoms with Crippen LogP contribution in [0.1, 0.15) is 28.8 Å². The number of nitrogens with one attached hydrogen (secondary N) is 1. The number of benzene rings is 2. The summed E-state index contributed by atoms with van der Waals surface area (Å²) in [4.78, 5) is 17.5. The maximum absolute atomic E-state index is 13.5. The van der Waals surface area contributed by atoms with Gasteiger partial charge in [-0.3, -0.25) is 13.9 Å². The van der Waals surface area contributed by atoms with Crippen LogP contribution in [0, 0.1) is 0 Å². The van der Waals surface area contributed by atoms with Gasteiger partial charge in [0.25, 0.3) is 5.91 Å². The standard InChI is InChI=1S/C30H27F2N5O4/c1-36-15-20(13-34-36)22-12-27-33-14-23(37(27)16-26(22)40-17-18-6-4-3-5-7-18)19-10-24(39-2)28(25(11-19)41-30(31)32)29(38)35-21-8-9-21/h3-7,10-16,21,30H,8-9,17H2,1-2H3,(H,35,38). The molecule has 41 heavy (non-hydrogen) atoms. The molecule has 5 aromatic rings. The number of hydrogen-bond acceptors (Lipinski definition) is 6. The lowest BCUT2D eigenvalue weighted by Gasteiger charge is -2.17. The van der Waals surface area contributed by atoms with Crippen molar-refractivity contribution in [1.82, 2.24) is 24.5 Å². The van der Waals surface area contributed by atoms with Gasteiger partial charge < -0.3 is 19.5 Å². The van der Waals surface area contributed by atoms with Crippen molar-refractivity contribution in [3.05, 3.63) is 84.4 Å². The second-order valence-corrected chi connectivity index (χ2v) is 9.78. The molecule has 0 saturated heterocycles. The fraction of sp³-hybridized carbons (Fsp3) is 0.233. The normalized spacial score (nSPS) is 13.0. The van der Waals surface area contributed by atoms with Gasteiger partial charge in [0.2, 0.25) is 0 Å². The number of rotatable bonds is 10. The van der Waals surface area contributed by atoms with Crippen LogP contribution in [-0.2, 0) is 13.7 Å². The van der Waals surface area contributed by atoms with Crippen LogP contribution in [0.4, 0.5) is 8.78 Å². The molecule has 1 aliphatic carbocycles. The second-order valence-electron chi connectivity index (χ2n) is 9.78. The molecule has 1 amide bonds. The molecule has 0 unspecified atom stereocenters. The third-order valence-corrected chi connectivity index (χ3v) is 6.80. The lowest BCUT2D eigenvalue weighted by Crippen LogP contribution is -2.26. The number of pyridine rings is 1. The minimum Gasteiger partial charge on any atom is -0.496 e. The number of carbonyl (C=O) groups is 1. The van der Waals surface area contributed by atoms with E-state index < -0.39 is 12.5 Å². The van der Waals surface area contributed by atoms with E-state index in [-0.39, 0.29) is 23.1 Å². The lowest BCUT2D eigenvalue weighted by molar-refractivity contribution is -0.0502. The van der Waals surface area contributed by atoms with Crippen LogP contribution >= 0.6 is 0 Å². The summed E-state index contributed by atoms with van der Waals surface area (Å²) in [5.74, 6) is -0.124. The van der Waals surface area contributed by atoms with E-state index in [1.807, 2.05) is 49.6 Å². The van der Waals surface area contributed by atoms with E-state index in [9.17, 15) is 13.6 Å².